The van der Waals surface area contributed by atoms with E-state index in [4.69, 9.17) is 24.7 Å². The molecule has 5 rings (SSSR count). The van der Waals surface area contributed by atoms with Gasteiger partial charge in [-0.15, -0.1) is 5.76 Å². The van der Waals surface area contributed by atoms with E-state index < -0.39 is 5.09 Å². The molecular weight excluding hydrogens is 506 g/mol. The Morgan fingerprint density at radius 1 is 0.914 bits per heavy atom. The maximum Gasteiger partial charge on any atom is 2.00 e. The van der Waals surface area contributed by atoms with E-state index in [1.165, 1.54) is 13.8 Å². The van der Waals surface area contributed by atoms with E-state index in [-0.39, 0.29) is 28.6 Å². The van der Waals surface area contributed by atoms with Crippen molar-refractivity contribution < 1.29 is 36.5 Å². The molecule has 181 valence electrons. The molecule has 1 aromatic carbocycles. The second-order valence-corrected chi connectivity index (χ2v) is 6.82. The first-order valence-electron chi connectivity index (χ1n) is 9.77. The average molecular weight is 523 g/mol. The minimum absolute atomic E-state index is 0. The molecule has 0 spiro atoms. The Bertz CT molecular complexity index is 1420. The quantitative estimate of drug-likeness (QED) is 0.0832. The summed E-state index contributed by atoms with van der Waals surface area (Å²) >= 11 is 0. The van der Waals surface area contributed by atoms with Gasteiger partial charge in [-0.1, -0.05) is 6.92 Å². The predicted octanol–water partition coefficient (Wildman–Crippen LogP) is 3.58. The topological polar surface area (TPSA) is 171 Å². The number of hydrogen-bond acceptors (Lipinski definition) is 10. The molecule has 1 radical (unpaired) electrons. The van der Waals surface area contributed by atoms with Crippen molar-refractivity contribution in [2.24, 2.45) is 0 Å². The Morgan fingerprint density at radius 2 is 1.46 bits per heavy atom. The molecule has 0 aliphatic heterocycles. The largest absolute Gasteiger partial charge is 2.00 e. The van der Waals surface area contributed by atoms with E-state index in [2.05, 4.69) is 15.0 Å². The van der Waals surface area contributed by atoms with Gasteiger partial charge in [0.25, 0.3) is 0 Å². The minimum atomic E-state index is -1.75. The van der Waals surface area contributed by atoms with Gasteiger partial charge in [-0.05, 0) is 49.4 Å². The summed E-state index contributed by atoms with van der Waals surface area (Å²) in [4.78, 5) is 35.9. The van der Waals surface area contributed by atoms with Crippen molar-refractivity contribution in [1.29, 1.82) is 0 Å². The van der Waals surface area contributed by atoms with Crippen molar-refractivity contribution >= 4 is 38.7 Å². The number of oxazole rings is 1. The van der Waals surface area contributed by atoms with Crippen LogP contribution in [0, 0.1) is 15.3 Å². The van der Waals surface area contributed by atoms with Gasteiger partial charge >= 0.3 is 17.1 Å². The number of aromatic nitrogens is 4. The molecule has 0 fully saturated rings. The molecule has 5 aromatic rings. The number of pyridine rings is 3. The molecule has 0 amide bonds. The molecule has 0 aliphatic rings. The van der Waals surface area contributed by atoms with Crippen molar-refractivity contribution in [3.05, 3.63) is 88.3 Å². The fraction of sp³-hybridized carbons (Fsp3) is 0.0870. The number of carbonyl (C=O) groups is 1. The molecule has 0 bridgehead atoms. The van der Waals surface area contributed by atoms with E-state index in [0.717, 1.165) is 44.5 Å². The Hall–Kier alpha value is -4.41. The van der Waals surface area contributed by atoms with Crippen molar-refractivity contribution in [3.63, 3.8) is 0 Å². The van der Waals surface area contributed by atoms with E-state index in [1.807, 2.05) is 36.4 Å². The third-order valence-electron chi connectivity index (χ3n) is 4.30. The molecule has 0 saturated heterocycles. The van der Waals surface area contributed by atoms with Gasteiger partial charge in [-0.2, -0.15) is 0 Å². The summed E-state index contributed by atoms with van der Waals surface area (Å²) < 4.78 is 6.07. The number of benzene rings is 1. The maximum absolute atomic E-state index is 9.98. The molecular formula is C23H17CuN5O6. The van der Waals surface area contributed by atoms with Crippen molar-refractivity contribution in [1.82, 2.24) is 19.9 Å². The van der Waals surface area contributed by atoms with Crippen LogP contribution in [0.15, 0.2) is 77.4 Å². The SMILES string of the molecule is CC(=O)/C=C(/C)[O-].O=[N+]([O-])[O-].[Cu+2].c1cnc2c(c1)c1nc(-c3ccncc3)oc1c1cccnc12. The first kappa shape index (κ1) is 26.8. The summed E-state index contributed by atoms with van der Waals surface area (Å²) in [5, 5.41) is 26.6. The number of ketones is 1. The fourth-order valence-corrected chi connectivity index (χ4v) is 3.15. The summed E-state index contributed by atoms with van der Waals surface area (Å²) in [5.41, 5.74) is 4.10. The van der Waals surface area contributed by atoms with E-state index in [9.17, 15) is 9.90 Å². The Labute approximate surface area is 208 Å². The van der Waals surface area contributed by atoms with Gasteiger partial charge in [0, 0.05) is 41.1 Å². The van der Waals surface area contributed by atoms with Gasteiger partial charge in [-0.25, -0.2) is 4.98 Å². The van der Waals surface area contributed by atoms with Crippen LogP contribution in [0.5, 0.6) is 0 Å². The number of fused-ring (bicyclic) bond motifs is 6. The summed E-state index contributed by atoms with van der Waals surface area (Å²) in [6, 6.07) is 11.5. The predicted molar refractivity (Wildman–Crippen MR) is 123 cm³/mol. The van der Waals surface area contributed by atoms with Crippen molar-refractivity contribution in [2.45, 2.75) is 13.8 Å². The molecule has 0 saturated carbocycles. The molecule has 0 atom stereocenters. The molecule has 4 heterocycles. The van der Waals surface area contributed by atoms with Crippen LogP contribution in [-0.2, 0) is 21.9 Å². The van der Waals surface area contributed by atoms with Crippen LogP contribution in [0.2, 0.25) is 0 Å². The van der Waals surface area contributed by atoms with E-state index >= 15 is 0 Å². The zero-order chi connectivity index (χ0) is 24.7. The van der Waals surface area contributed by atoms with Crippen molar-refractivity contribution in [3.8, 4) is 11.5 Å². The average Bonchev–Trinajstić information content (AvgIpc) is 3.25. The molecule has 0 unspecified atom stereocenters. The molecule has 4 aromatic heterocycles. The Balaban J connectivity index is 0.000000307. The monoisotopic (exact) mass is 522 g/mol. The second kappa shape index (κ2) is 12.2. The third-order valence-corrected chi connectivity index (χ3v) is 4.30. The van der Waals surface area contributed by atoms with Crippen molar-refractivity contribution in [2.75, 3.05) is 0 Å². The summed E-state index contributed by atoms with van der Waals surface area (Å²) in [6.45, 7) is 2.70. The van der Waals surface area contributed by atoms with Crippen LogP contribution in [0.3, 0.4) is 0 Å². The zero-order valence-electron chi connectivity index (χ0n) is 18.3. The number of allylic oxidation sites excluding steroid dienone is 2. The molecule has 35 heavy (non-hydrogen) atoms. The van der Waals surface area contributed by atoms with Gasteiger partial charge in [0.05, 0.1) is 10.6 Å². The normalized spacial score (nSPS) is 10.5. The number of rotatable bonds is 2. The van der Waals surface area contributed by atoms with E-state index in [1.54, 1.807) is 24.8 Å². The van der Waals surface area contributed by atoms with Gasteiger partial charge in [0.15, 0.2) is 11.4 Å². The van der Waals surface area contributed by atoms with Gasteiger partial charge in [0.1, 0.15) is 11.0 Å². The first-order chi connectivity index (χ1) is 16.3. The zero-order valence-corrected chi connectivity index (χ0v) is 19.3. The van der Waals surface area contributed by atoms with Crippen LogP contribution in [0.25, 0.3) is 44.4 Å². The second-order valence-electron chi connectivity index (χ2n) is 6.82. The van der Waals surface area contributed by atoms with Crippen LogP contribution in [0.4, 0.5) is 0 Å². The number of carbonyl (C=O) groups excluding carboxylic acids is 1. The Morgan fingerprint density at radius 3 is 1.97 bits per heavy atom. The molecule has 11 nitrogen and oxygen atoms in total. The maximum atomic E-state index is 9.98. The minimum Gasteiger partial charge on any atom is -0.876 e. The van der Waals surface area contributed by atoms with Crippen LogP contribution < -0.4 is 5.11 Å². The number of hydrogen-bond donors (Lipinski definition) is 0. The van der Waals surface area contributed by atoms with Crippen LogP contribution in [-0.4, -0.2) is 30.8 Å². The van der Waals surface area contributed by atoms with Gasteiger partial charge < -0.3 is 24.8 Å². The fourth-order valence-electron chi connectivity index (χ4n) is 3.15. The van der Waals surface area contributed by atoms with Crippen LogP contribution >= 0.6 is 0 Å². The summed E-state index contributed by atoms with van der Waals surface area (Å²) in [7, 11) is 0. The molecule has 0 N–H and O–H groups in total. The summed E-state index contributed by atoms with van der Waals surface area (Å²) in [6.07, 6.45) is 8.04. The number of nitrogens with zero attached hydrogens (tertiary/aromatic N) is 5. The standard InChI is InChI=1S/C18H10N4O.C5H8O2.Cu.NO3/c1-3-12-14(20-7-1)15-13(4-2-8-21-15)17-16(12)22-18(23-17)11-5-9-19-10-6-11;1-4(6)3-5(2)7;;2-1(3)4/h1-10H;3,6H,1-2H3;;/q;;+2;-1/p-1/b;4-3-;;. The van der Waals surface area contributed by atoms with Gasteiger partial charge in [0.2, 0.25) is 5.89 Å². The van der Waals surface area contributed by atoms with E-state index in [0.29, 0.717) is 5.89 Å². The summed E-state index contributed by atoms with van der Waals surface area (Å²) in [5.74, 6) is 0.198. The molecule has 12 heteroatoms. The first-order valence-corrected chi connectivity index (χ1v) is 9.77. The van der Waals surface area contributed by atoms with Gasteiger partial charge in [-0.3, -0.25) is 19.7 Å². The molecule has 0 aliphatic carbocycles. The van der Waals surface area contributed by atoms with Crippen LogP contribution in [0.1, 0.15) is 13.8 Å². The third kappa shape index (κ3) is 6.79. The smallest absolute Gasteiger partial charge is 0.876 e. The Kier molecular flexibility index (Phi) is 9.33.